The lowest BCUT2D eigenvalue weighted by Gasteiger charge is -2.17. The highest BCUT2D eigenvalue weighted by Crippen LogP contribution is 2.20. The quantitative estimate of drug-likeness (QED) is 0.533. The molecule has 3 nitrogen and oxygen atoms in total. The van der Waals surface area contributed by atoms with Gasteiger partial charge in [-0.05, 0) is 19.8 Å². The highest BCUT2D eigenvalue weighted by Gasteiger charge is 2.17. The Morgan fingerprint density at radius 2 is 1.87 bits per heavy atom. The van der Waals surface area contributed by atoms with Crippen LogP contribution in [0.1, 0.15) is 45.4 Å². The van der Waals surface area contributed by atoms with E-state index in [1.807, 2.05) is 6.92 Å². The third kappa shape index (κ3) is 4.65. The second kappa shape index (κ2) is 6.83. The van der Waals surface area contributed by atoms with E-state index in [4.69, 9.17) is 4.74 Å². The van der Waals surface area contributed by atoms with Crippen LogP contribution in [0.15, 0.2) is 0 Å². The Hall–Kier alpha value is -0.570. The van der Waals surface area contributed by atoms with Gasteiger partial charge in [-0.15, -0.1) is 0 Å². The molecule has 1 saturated carbocycles. The van der Waals surface area contributed by atoms with Crippen molar-refractivity contribution in [1.82, 2.24) is 0 Å². The van der Waals surface area contributed by atoms with Crippen LogP contribution in [0.4, 0.5) is 0 Å². The molecular weight excluding hydrogens is 192 g/mol. The monoisotopic (exact) mass is 214 g/mol. The third-order valence-electron chi connectivity index (χ3n) is 2.99. The molecule has 88 valence electrons. The summed E-state index contributed by atoms with van der Waals surface area (Å²) >= 11 is 0. The minimum atomic E-state index is -0.177. The number of hydrogen-bond acceptors (Lipinski definition) is 3. The molecule has 0 aromatic rings. The molecule has 1 unspecified atom stereocenters. The molecule has 15 heavy (non-hydrogen) atoms. The summed E-state index contributed by atoms with van der Waals surface area (Å²) in [5, 5.41) is 0. The van der Waals surface area contributed by atoms with Gasteiger partial charge in [0.1, 0.15) is 0 Å². The molecule has 0 aromatic heterocycles. The summed E-state index contributed by atoms with van der Waals surface area (Å²) in [4.78, 5) is 11.2. The molecule has 0 saturated heterocycles. The number of carbonyl (C=O) groups excluding carboxylic acids is 1. The number of methoxy groups -OCH3 is 1. The van der Waals surface area contributed by atoms with E-state index in [1.165, 1.54) is 32.8 Å². The Balaban J connectivity index is 2.19. The first kappa shape index (κ1) is 12.5. The molecule has 0 aliphatic heterocycles. The van der Waals surface area contributed by atoms with E-state index in [1.54, 1.807) is 0 Å². The molecule has 1 aliphatic carbocycles. The van der Waals surface area contributed by atoms with Gasteiger partial charge in [0.05, 0.1) is 25.7 Å². The highest BCUT2D eigenvalue weighted by atomic mass is 16.5. The van der Waals surface area contributed by atoms with Crippen molar-refractivity contribution in [2.24, 2.45) is 5.92 Å². The maximum atomic E-state index is 11.2. The smallest absolute Gasteiger partial charge is 0.310 e. The molecule has 0 spiro atoms. The average molecular weight is 214 g/mol. The normalized spacial score (nSPS) is 20.7. The van der Waals surface area contributed by atoms with Crippen LogP contribution in [0.25, 0.3) is 0 Å². The van der Waals surface area contributed by atoms with Crippen molar-refractivity contribution in [1.29, 1.82) is 0 Å². The van der Waals surface area contributed by atoms with Gasteiger partial charge in [0.2, 0.25) is 0 Å². The predicted molar refractivity (Wildman–Crippen MR) is 58.6 cm³/mol. The van der Waals surface area contributed by atoms with Crippen LogP contribution in [-0.2, 0) is 14.3 Å². The number of rotatable bonds is 4. The molecule has 0 bridgehead atoms. The Morgan fingerprint density at radius 3 is 2.40 bits per heavy atom. The lowest BCUT2D eigenvalue weighted by molar-refractivity contribution is -0.147. The van der Waals surface area contributed by atoms with Gasteiger partial charge in [-0.2, -0.15) is 0 Å². The van der Waals surface area contributed by atoms with Gasteiger partial charge in [-0.3, -0.25) is 4.79 Å². The van der Waals surface area contributed by atoms with E-state index < -0.39 is 0 Å². The molecule has 0 aromatic carbocycles. The SMILES string of the molecule is COC(=O)C(C)COC1CCCCCC1. The van der Waals surface area contributed by atoms with Crippen LogP contribution in [0.3, 0.4) is 0 Å². The standard InChI is InChI=1S/C12H22O3/c1-10(12(13)14-2)9-15-11-7-5-3-4-6-8-11/h10-11H,3-9H2,1-2H3. The van der Waals surface area contributed by atoms with E-state index in [9.17, 15) is 4.79 Å². The molecule has 0 amide bonds. The molecule has 0 heterocycles. The third-order valence-corrected chi connectivity index (χ3v) is 2.99. The number of ether oxygens (including phenoxy) is 2. The zero-order chi connectivity index (χ0) is 11.1. The van der Waals surface area contributed by atoms with Crippen molar-refractivity contribution in [3.05, 3.63) is 0 Å². The predicted octanol–water partition coefficient (Wildman–Crippen LogP) is 2.53. The van der Waals surface area contributed by atoms with Gasteiger partial charge in [-0.25, -0.2) is 0 Å². The summed E-state index contributed by atoms with van der Waals surface area (Å²) in [5.41, 5.74) is 0. The van der Waals surface area contributed by atoms with E-state index in [-0.39, 0.29) is 11.9 Å². The zero-order valence-corrected chi connectivity index (χ0v) is 9.83. The first-order chi connectivity index (χ1) is 7.24. The minimum absolute atomic E-state index is 0.141. The highest BCUT2D eigenvalue weighted by molar-refractivity contribution is 5.71. The Bertz CT molecular complexity index is 183. The minimum Gasteiger partial charge on any atom is -0.469 e. The van der Waals surface area contributed by atoms with Crippen LogP contribution >= 0.6 is 0 Å². The first-order valence-corrected chi connectivity index (χ1v) is 5.93. The molecule has 3 heteroatoms. The van der Waals surface area contributed by atoms with Crippen molar-refractivity contribution in [3.8, 4) is 0 Å². The van der Waals surface area contributed by atoms with Crippen LogP contribution < -0.4 is 0 Å². The summed E-state index contributed by atoms with van der Waals surface area (Å²) in [5.74, 6) is -0.318. The van der Waals surface area contributed by atoms with Crippen molar-refractivity contribution in [2.45, 2.75) is 51.6 Å². The first-order valence-electron chi connectivity index (χ1n) is 5.93. The maximum absolute atomic E-state index is 11.2. The second-order valence-corrected chi connectivity index (χ2v) is 4.37. The Kier molecular flexibility index (Phi) is 5.69. The summed E-state index contributed by atoms with van der Waals surface area (Å²) in [7, 11) is 1.42. The van der Waals surface area contributed by atoms with Crippen LogP contribution in [0.2, 0.25) is 0 Å². The fourth-order valence-corrected chi connectivity index (χ4v) is 1.96. The lowest BCUT2D eigenvalue weighted by atomic mass is 10.1. The number of esters is 1. The van der Waals surface area contributed by atoms with Crippen molar-refractivity contribution in [3.63, 3.8) is 0 Å². The summed E-state index contributed by atoms with van der Waals surface area (Å²) in [6.45, 7) is 2.35. The van der Waals surface area contributed by atoms with Gasteiger partial charge in [0.15, 0.2) is 0 Å². The summed E-state index contributed by atoms with van der Waals surface area (Å²) in [6, 6.07) is 0. The average Bonchev–Trinajstić information content (AvgIpc) is 2.53. The molecular formula is C12H22O3. The zero-order valence-electron chi connectivity index (χ0n) is 9.83. The number of carbonyl (C=O) groups is 1. The Labute approximate surface area is 92.1 Å². The van der Waals surface area contributed by atoms with Gasteiger partial charge in [0, 0.05) is 0 Å². The second-order valence-electron chi connectivity index (χ2n) is 4.37. The maximum Gasteiger partial charge on any atom is 0.310 e. The van der Waals surface area contributed by atoms with E-state index in [2.05, 4.69) is 4.74 Å². The van der Waals surface area contributed by atoms with Gasteiger partial charge in [0.25, 0.3) is 0 Å². The van der Waals surface area contributed by atoms with Gasteiger partial charge >= 0.3 is 5.97 Å². The van der Waals surface area contributed by atoms with Crippen molar-refractivity contribution < 1.29 is 14.3 Å². The van der Waals surface area contributed by atoms with Gasteiger partial charge < -0.3 is 9.47 Å². The molecule has 1 rings (SSSR count). The van der Waals surface area contributed by atoms with Crippen molar-refractivity contribution >= 4 is 5.97 Å². The summed E-state index contributed by atoms with van der Waals surface area (Å²) in [6.07, 6.45) is 7.83. The van der Waals surface area contributed by atoms with Gasteiger partial charge in [-0.1, -0.05) is 25.7 Å². The van der Waals surface area contributed by atoms with E-state index in [0.717, 1.165) is 12.8 Å². The largest absolute Gasteiger partial charge is 0.469 e. The lowest BCUT2D eigenvalue weighted by Crippen LogP contribution is -2.22. The van der Waals surface area contributed by atoms with Crippen LogP contribution in [0, 0.1) is 5.92 Å². The fraction of sp³-hybridized carbons (Fsp3) is 0.917. The fourth-order valence-electron chi connectivity index (χ4n) is 1.96. The molecule has 1 atom stereocenters. The molecule has 0 radical (unpaired) electrons. The van der Waals surface area contributed by atoms with Crippen LogP contribution in [0.5, 0.6) is 0 Å². The molecule has 1 aliphatic rings. The molecule has 1 fully saturated rings. The summed E-state index contributed by atoms with van der Waals surface area (Å²) < 4.78 is 10.4. The van der Waals surface area contributed by atoms with E-state index >= 15 is 0 Å². The van der Waals surface area contributed by atoms with Crippen LogP contribution in [-0.4, -0.2) is 25.8 Å². The van der Waals surface area contributed by atoms with E-state index in [0.29, 0.717) is 12.7 Å². The number of hydrogen-bond donors (Lipinski definition) is 0. The van der Waals surface area contributed by atoms with Crippen molar-refractivity contribution in [2.75, 3.05) is 13.7 Å². The molecule has 0 N–H and O–H groups in total. The Morgan fingerprint density at radius 1 is 1.27 bits per heavy atom. The topological polar surface area (TPSA) is 35.5 Å².